The van der Waals surface area contributed by atoms with Crippen molar-refractivity contribution >= 4 is 34.0 Å². The largest absolute Gasteiger partial charge is 0.494 e. The summed E-state index contributed by atoms with van der Waals surface area (Å²) in [4.78, 5) is 15.6. The number of hydrogen-bond donors (Lipinski definition) is 2. The summed E-state index contributed by atoms with van der Waals surface area (Å²) in [6.45, 7) is 0. The van der Waals surface area contributed by atoms with E-state index in [1.165, 1.54) is 0 Å². The van der Waals surface area contributed by atoms with Crippen molar-refractivity contribution in [2.24, 2.45) is 0 Å². The molecule has 2 aromatic heterocycles. The van der Waals surface area contributed by atoms with Gasteiger partial charge < -0.3 is 24.8 Å². The minimum Gasteiger partial charge on any atom is -0.494 e. The Bertz CT molecular complexity index is 1340. The van der Waals surface area contributed by atoms with Gasteiger partial charge in [0.2, 0.25) is 5.95 Å². The van der Waals surface area contributed by atoms with Gasteiger partial charge in [-0.3, -0.25) is 9.88 Å². The third-order valence-electron chi connectivity index (χ3n) is 6.52. The lowest BCUT2D eigenvalue weighted by Crippen LogP contribution is -2.59. The summed E-state index contributed by atoms with van der Waals surface area (Å²) >= 11 is 0. The van der Waals surface area contributed by atoms with Crippen molar-refractivity contribution in [3.05, 3.63) is 67.0 Å². The number of ether oxygens (including phenoxy) is 3. The van der Waals surface area contributed by atoms with E-state index in [9.17, 15) is 0 Å². The first-order chi connectivity index (χ1) is 17.5. The van der Waals surface area contributed by atoms with Gasteiger partial charge >= 0.3 is 0 Å². The highest BCUT2D eigenvalue weighted by molar-refractivity contribution is 5.87. The number of rotatable bonds is 9. The third kappa shape index (κ3) is 4.89. The number of nitrogens with one attached hydrogen (secondary N) is 2. The Morgan fingerprint density at radius 1 is 0.944 bits per heavy atom. The molecule has 0 unspecified atom stereocenters. The summed E-state index contributed by atoms with van der Waals surface area (Å²) in [5, 5.41) is 7.52. The highest BCUT2D eigenvalue weighted by atomic mass is 16.5. The number of aromatic nitrogens is 3. The maximum atomic E-state index is 6.10. The molecule has 186 valence electrons. The predicted molar refractivity (Wildman–Crippen MR) is 140 cm³/mol. The van der Waals surface area contributed by atoms with Gasteiger partial charge in [-0.05, 0) is 56.6 Å². The maximum absolute atomic E-state index is 6.10. The van der Waals surface area contributed by atoms with Crippen LogP contribution in [0.25, 0.3) is 10.9 Å². The molecule has 0 radical (unpaired) electrons. The normalized spacial score (nSPS) is 19.1. The third-order valence-corrected chi connectivity index (χ3v) is 6.52. The monoisotopic (exact) mass is 486 g/mol. The Kier molecular flexibility index (Phi) is 6.58. The molecular formula is C27H30N6O3. The van der Waals surface area contributed by atoms with Crippen molar-refractivity contribution in [1.29, 1.82) is 0 Å². The van der Waals surface area contributed by atoms with Crippen LogP contribution < -0.4 is 20.1 Å². The fourth-order valence-electron chi connectivity index (χ4n) is 4.39. The van der Waals surface area contributed by atoms with E-state index in [0.717, 1.165) is 46.6 Å². The van der Waals surface area contributed by atoms with E-state index < -0.39 is 0 Å². The molecule has 2 aromatic carbocycles. The number of nitrogens with zero attached hydrogens (tertiary/aromatic N) is 4. The molecule has 0 saturated heterocycles. The van der Waals surface area contributed by atoms with Gasteiger partial charge in [0, 0.05) is 37.2 Å². The quantitative estimate of drug-likeness (QED) is 0.318. The number of hydrogen-bond acceptors (Lipinski definition) is 9. The molecule has 0 amide bonds. The summed E-state index contributed by atoms with van der Waals surface area (Å²) in [6, 6.07) is 17.5. The minimum absolute atomic E-state index is 0.142. The molecule has 5 rings (SSSR count). The fraction of sp³-hybridized carbons (Fsp3) is 0.296. The maximum Gasteiger partial charge on any atom is 0.229 e. The van der Waals surface area contributed by atoms with Crippen LogP contribution in [0, 0.1) is 0 Å². The number of benzene rings is 2. The van der Waals surface area contributed by atoms with Crippen LogP contribution in [0.15, 0.2) is 67.0 Å². The zero-order chi connectivity index (χ0) is 25.1. The molecular weight excluding hydrogens is 456 g/mol. The van der Waals surface area contributed by atoms with Crippen LogP contribution in [0.3, 0.4) is 0 Å². The zero-order valence-corrected chi connectivity index (χ0v) is 20.9. The van der Waals surface area contributed by atoms with Crippen LogP contribution in [0.5, 0.6) is 11.5 Å². The van der Waals surface area contributed by atoms with E-state index >= 15 is 0 Å². The molecule has 2 N–H and O–H groups in total. The second kappa shape index (κ2) is 9.96. The molecule has 9 nitrogen and oxygen atoms in total. The van der Waals surface area contributed by atoms with E-state index in [-0.39, 0.29) is 11.8 Å². The van der Waals surface area contributed by atoms with Gasteiger partial charge in [0.05, 0.1) is 19.0 Å². The van der Waals surface area contributed by atoms with E-state index in [1.54, 1.807) is 26.6 Å². The van der Waals surface area contributed by atoms with Crippen LogP contribution in [-0.2, 0) is 4.74 Å². The van der Waals surface area contributed by atoms with Crippen molar-refractivity contribution in [3.63, 3.8) is 0 Å². The molecule has 0 aliphatic heterocycles. The van der Waals surface area contributed by atoms with Crippen molar-refractivity contribution < 1.29 is 14.2 Å². The molecule has 9 heteroatoms. The summed E-state index contributed by atoms with van der Waals surface area (Å²) in [7, 11) is 7.45. The summed E-state index contributed by atoms with van der Waals surface area (Å²) < 4.78 is 17.2. The standard InChI is InChI=1S/C27H30N6O3/c1-33(2)27(35-4)15-22(16-27)36-21-10-8-19(9-11-21)31-26-28-13-12-24(32-26)30-20-14-18-6-5-7-23(34-3)25(18)29-17-20/h5-14,17,22H,15-16H2,1-4H3,(H2,28,30,31,32). The van der Waals surface area contributed by atoms with Crippen molar-refractivity contribution in [3.8, 4) is 11.5 Å². The molecule has 0 atom stereocenters. The average molecular weight is 487 g/mol. The molecule has 4 aromatic rings. The van der Waals surface area contributed by atoms with Crippen LogP contribution in [-0.4, -0.2) is 60.0 Å². The van der Waals surface area contributed by atoms with Gasteiger partial charge in [-0.25, -0.2) is 4.98 Å². The van der Waals surface area contributed by atoms with Crippen molar-refractivity contribution in [2.75, 3.05) is 38.9 Å². The van der Waals surface area contributed by atoms with Crippen LogP contribution in [0.4, 0.5) is 23.1 Å². The van der Waals surface area contributed by atoms with E-state index in [4.69, 9.17) is 14.2 Å². The van der Waals surface area contributed by atoms with Gasteiger partial charge in [0.15, 0.2) is 0 Å². The lowest BCUT2D eigenvalue weighted by Gasteiger charge is -2.50. The van der Waals surface area contributed by atoms with Crippen molar-refractivity contribution in [1.82, 2.24) is 19.9 Å². The first-order valence-electron chi connectivity index (χ1n) is 11.8. The van der Waals surface area contributed by atoms with Gasteiger partial charge in [-0.15, -0.1) is 0 Å². The zero-order valence-electron chi connectivity index (χ0n) is 20.9. The molecule has 36 heavy (non-hydrogen) atoms. The number of para-hydroxylation sites is 1. The Balaban J connectivity index is 1.21. The first-order valence-corrected chi connectivity index (χ1v) is 11.8. The van der Waals surface area contributed by atoms with E-state index in [2.05, 4.69) is 30.5 Å². The second-order valence-electron chi connectivity index (χ2n) is 8.99. The number of fused-ring (bicyclic) bond motifs is 1. The highest BCUT2D eigenvalue weighted by Crippen LogP contribution is 2.39. The molecule has 1 aliphatic rings. The van der Waals surface area contributed by atoms with Crippen LogP contribution in [0.1, 0.15) is 12.8 Å². The second-order valence-corrected chi connectivity index (χ2v) is 8.99. The van der Waals surface area contributed by atoms with E-state index in [0.29, 0.717) is 11.8 Å². The van der Waals surface area contributed by atoms with Gasteiger partial charge in [-0.2, -0.15) is 4.98 Å². The van der Waals surface area contributed by atoms with Crippen LogP contribution >= 0.6 is 0 Å². The Labute approximate surface area is 210 Å². The summed E-state index contributed by atoms with van der Waals surface area (Å²) in [5.41, 5.74) is 2.28. The first kappa shape index (κ1) is 23.8. The number of anilines is 4. The van der Waals surface area contributed by atoms with Crippen LogP contribution in [0.2, 0.25) is 0 Å². The van der Waals surface area contributed by atoms with E-state index in [1.807, 2.05) is 68.7 Å². The molecule has 2 heterocycles. The Morgan fingerprint density at radius 2 is 1.75 bits per heavy atom. The number of pyridine rings is 1. The van der Waals surface area contributed by atoms with Gasteiger partial charge in [0.1, 0.15) is 34.7 Å². The molecule has 1 fully saturated rings. The molecule has 1 saturated carbocycles. The highest BCUT2D eigenvalue weighted by Gasteiger charge is 2.48. The lowest BCUT2D eigenvalue weighted by atomic mass is 9.83. The van der Waals surface area contributed by atoms with Gasteiger partial charge in [-0.1, -0.05) is 12.1 Å². The van der Waals surface area contributed by atoms with Gasteiger partial charge in [0.25, 0.3) is 0 Å². The Hall–Kier alpha value is -3.95. The summed E-state index contributed by atoms with van der Waals surface area (Å²) in [6.07, 6.45) is 5.28. The molecule has 1 aliphatic carbocycles. The topological polar surface area (TPSA) is 93.7 Å². The molecule has 0 bridgehead atoms. The van der Waals surface area contributed by atoms with Crippen molar-refractivity contribution in [2.45, 2.75) is 24.7 Å². The summed E-state index contributed by atoms with van der Waals surface area (Å²) in [5.74, 6) is 2.71. The molecule has 0 spiro atoms. The average Bonchev–Trinajstić information content (AvgIpc) is 2.86. The minimum atomic E-state index is -0.224. The lowest BCUT2D eigenvalue weighted by molar-refractivity contribution is -0.204. The number of methoxy groups -OCH3 is 2. The Morgan fingerprint density at radius 3 is 2.47 bits per heavy atom. The fourth-order valence-corrected chi connectivity index (χ4v) is 4.39. The SMILES string of the molecule is COc1cccc2cc(Nc3ccnc(Nc4ccc(OC5CC(OC)(N(C)C)C5)cc4)n3)cnc12. The smallest absolute Gasteiger partial charge is 0.229 e. The predicted octanol–water partition coefficient (Wildman–Crippen LogP) is 4.97.